The highest BCUT2D eigenvalue weighted by Gasteiger charge is 2.08. The van der Waals surface area contributed by atoms with Crippen molar-refractivity contribution in [1.29, 1.82) is 0 Å². The second-order valence-corrected chi connectivity index (χ2v) is 6.66. The van der Waals surface area contributed by atoms with Gasteiger partial charge < -0.3 is 4.42 Å². The molecule has 0 atom stereocenters. The first-order valence-corrected chi connectivity index (χ1v) is 7.21. The van der Waals surface area contributed by atoms with Crippen LogP contribution in [0.1, 0.15) is 0 Å². The van der Waals surface area contributed by atoms with Gasteiger partial charge in [0.2, 0.25) is 0 Å². The minimum atomic E-state index is 0.930. The summed E-state index contributed by atoms with van der Waals surface area (Å²) in [6, 6.07) is 12.2. The van der Waals surface area contributed by atoms with Crippen molar-refractivity contribution < 1.29 is 4.42 Å². The SMILES string of the molecule is Brc1ccc(-c2ccc(-c3cccs3)o2)s1. The summed E-state index contributed by atoms with van der Waals surface area (Å²) in [6.45, 7) is 0. The zero-order chi connectivity index (χ0) is 11.0. The zero-order valence-corrected chi connectivity index (χ0v) is 11.4. The van der Waals surface area contributed by atoms with E-state index in [1.165, 1.54) is 4.88 Å². The van der Waals surface area contributed by atoms with Crippen molar-refractivity contribution in [1.82, 2.24) is 0 Å². The largest absolute Gasteiger partial charge is 0.454 e. The molecule has 0 aliphatic rings. The molecule has 0 unspecified atom stereocenters. The molecule has 0 N–H and O–H groups in total. The van der Waals surface area contributed by atoms with E-state index in [1.807, 2.05) is 24.3 Å². The molecule has 1 nitrogen and oxygen atoms in total. The maximum Gasteiger partial charge on any atom is 0.144 e. The van der Waals surface area contributed by atoms with E-state index in [0.717, 1.165) is 20.2 Å². The van der Waals surface area contributed by atoms with Crippen LogP contribution in [-0.2, 0) is 0 Å². The Kier molecular flexibility index (Phi) is 2.71. The molecule has 0 saturated carbocycles. The summed E-state index contributed by atoms with van der Waals surface area (Å²) in [5, 5.41) is 2.05. The number of hydrogen-bond acceptors (Lipinski definition) is 3. The Balaban J connectivity index is 2.00. The van der Waals surface area contributed by atoms with E-state index in [9.17, 15) is 0 Å². The van der Waals surface area contributed by atoms with E-state index in [-0.39, 0.29) is 0 Å². The van der Waals surface area contributed by atoms with Crippen LogP contribution in [0, 0.1) is 0 Å². The summed E-state index contributed by atoms with van der Waals surface area (Å²) in [7, 11) is 0. The lowest BCUT2D eigenvalue weighted by molar-refractivity contribution is 0.600. The molecule has 3 aromatic rings. The monoisotopic (exact) mass is 310 g/mol. The average molecular weight is 311 g/mol. The van der Waals surface area contributed by atoms with Crippen molar-refractivity contribution in [3.63, 3.8) is 0 Å². The smallest absolute Gasteiger partial charge is 0.144 e. The van der Waals surface area contributed by atoms with Crippen LogP contribution >= 0.6 is 38.6 Å². The second-order valence-electron chi connectivity index (χ2n) is 3.24. The van der Waals surface area contributed by atoms with Gasteiger partial charge in [0.15, 0.2) is 0 Å². The molecule has 0 aliphatic heterocycles. The van der Waals surface area contributed by atoms with Crippen LogP contribution in [0.15, 0.2) is 50.0 Å². The van der Waals surface area contributed by atoms with Crippen molar-refractivity contribution in [2.24, 2.45) is 0 Å². The maximum absolute atomic E-state index is 5.83. The Labute approximate surface area is 109 Å². The van der Waals surface area contributed by atoms with Crippen molar-refractivity contribution >= 4 is 38.6 Å². The molecule has 4 heteroatoms. The normalized spacial score (nSPS) is 10.8. The summed E-state index contributed by atoms with van der Waals surface area (Å²) in [6.07, 6.45) is 0. The van der Waals surface area contributed by atoms with Crippen LogP contribution < -0.4 is 0 Å². The van der Waals surface area contributed by atoms with Crippen LogP contribution in [0.2, 0.25) is 0 Å². The van der Waals surface area contributed by atoms with Crippen molar-refractivity contribution in [3.05, 3.63) is 45.6 Å². The standard InChI is InChI=1S/C12H7BrOS2/c13-12-6-5-11(16-12)9-4-3-8(14-9)10-2-1-7-15-10/h1-7H. The molecule has 0 fully saturated rings. The zero-order valence-electron chi connectivity index (χ0n) is 8.14. The number of halogens is 1. The molecular weight excluding hydrogens is 304 g/mol. The third kappa shape index (κ3) is 1.88. The van der Waals surface area contributed by atoms with Crippen LogP contribution in [-0.4, -0.2) is 0 Å². The summed E-state index contributed by atoms with van der Waals surface area (Å²) >= 11 is 6.82. The van der Waals surface area contributed by atoms with Gasteiger partial charge in [-0.15, -0.1) is 22.7 Å². The van der Waals surface area contributed by atoms with Crippen LogP contribution in [0.5, 0.6) is 0 Å². The quantitative estimate of drug-likeness (QED) is 0.609. The predicted octanol–water partition coefficient (Wildman–Crippen LogP) is 5.50. The van der Waals surface area contributed by atoms with Gasteiger partial charge in [0.1, 0.15) is 11.5 Å². The second kappa shape index (κ2) is 4.20. The molecule has 0 aromatic carbocycles. The summed E-state index contributed by atoms with van der Waals surface area (Å²) in [4.78, 5) is 2.32. The van der Waals surface area contributed by atoms with E-state index < -0.39 is 0 Å². The van der Waals surface area contributed by atoms with E-state index in [0.29, 0.717) is 0 Å². The molecule has 3 rings (SSSR count). The topological polar surface area (TPSA) is 13.1 Å². The lowest BCUT2D eigenvalue weighted by Gasteiger charge is -1.91. The van der Waals surface area contributed by atoms with Gasteiger partial charge >= 0.3 is 0 Å². The Morgan fingerprint density at radius 3 is 2.38 bits per heavy atom. The van der Waals surface area contributed by atoms with Crippen molar-refractivity contribution in [2.45, 2.75) is 0 Å². The number of thiophene rings is 2. The molecule has 0 amide bonds. The number of furan rings is 1. The molecule has 0 aliphatic carbocycles. The fourth-order valence-electron chi connectivity index (χ4n) is 1.47. The van der Waals surface area contributed by atoms with Crippen molar-refractivity contribution in [3.8, 4) is 21.3 Å². The number of rotatable bonds is 2. The minimum Gasteiger partial charge on any atom is -0.454 e. The molecule has 0 bridgehead atoms. The minimum absolute atomic E-state index is 0.930. The molecule has 0 saturated heterocycles. The van der Waals surface area contributed by atoms with Gasteiger partial charge in [0, 0.05) is 0 Å². The number of hydrogen-bond donors (Lipinski definition) is 0. The van der Waals surface area contributed by atoms with E-state index in [1.54, 1.807) is 22.7 Å². The molecule has 3 aromatic heterocycles. The molecule has 0 radical (unpaired) electrons. The summed E-state index contributed by atoms with van der Waals surface area (Å²) in [5.74, 6) is 1.87. The van der Waals surface area contributed by atoms with Gasteiger partial charge in [-0.05, 0) is 51.6 Å². The fourth-order valence-corrected chi connectivity index (χ4v) is 3.50. The molecule has 0 spiro atoms. The maximum atomic E-state index is 5.83. The van der Waals surface area contributed by atoms with Gasteiger partial charge in [0.25, 0.3) is 0 Å². The van der Waals surface area contributed by atoms with Gasteiger partial charge in [-0.1, -0.05) is 6.07 Å². The lowest BCUT2D eigenvalue weighted by Crippen LogP contribution is -1.62. The highest BCUT2D eigenvalue weighted by atomic mass is 79.9. The van der Waals surface area contributed by atoms with E-state index in [2.05, 4.69) is 33.4 Å². The molecule has 3 heterocycles. The Hall–Kier alpha value is -0.840. The molecule has 16 heavy (non-hydrogen) atoms. The Morgan fingerprint density at radius 2 is 1.75 bits per heavy atom. The lowest BCUT2D eigenvalue weighted by atomic mass is 10.3. The van der Waals surface area contributed by atoms with Gasteiger partial charge in [0.05, 0.1) is 13.5 Å². The van der Waals surface area contributed by atoms with Crippen LogP contribution in [0.4, 0.5) is 0 Å². The van der Waals surface area contributed by atoms with Crippen LogP contribution in [0.25, 0.3) is 21.3 Å². The average Bonchev–Trinajstić information content (AvgIpc) is 2.97. The Bertz CT molecular complexity index is 592. The molecular formula is C12H7BrOS2. The van der Waals surface area contributed by atoms with Crippen molar-refractivity contribution in [2.75, 3.05) is 0 Å². The van der Waals surface area contributed by atoms with E-state index >= 15 is 0 Å². The highest BCUT2D eigenvalue weighted by Crippen LogP contribution is 2.35. The first kappa shape index (κ1) is 10.3. The highest BCUT2D eigenvalue weighted by molar-refractivity contribution is 9.11. The fraction of sp³-hybridized carbons (Fsp3) is 0. The van der Waals surface area contributed by atoms with Gasteiger partial charge in [-0.2, -0.15) is 0 Å². The van der Waals surface area contributed by atoms with Crippen LogP contribution in [0.3, 0.4) is 0 Å². The third-order valence-electron chi connectivity index (χ3n) is 2.19. The Morgan fingerprint density at radius 1 is 0.938 bits per heavy atom. The first-order chi connectivity index (χ1) is 7.83. The van der Waals surface area contributed by atoms with Gasteiger partial charge in [-0.3, -0.25) is 0 Å². The first-order valence-electron chi connectivity index (χ1n) is 4.72. The van der Waals surface area contributed by atoms with E-state index in [4.69, 9.17) is 4.42 Å². The third-order valence-corrected chi connectivity index (χ3v) is 4.71. The molecule has 80 valence electrons. The van der Waals surface area contributed by atoms with Gasteiger partial charge in [-0.25, -0.2) is 0 Å². The summed E-state index contributed by atoms with van der Waals surface area (Å²) < 4.78 is 6.95. The predicted molar refractivity (Wildman–Crippen MR) is 73.0 cm³/mol. The summed E-state index contributed by atoms with van der Waals surface area (Å²) in [5.41, 5.74) is 0.